The number of hydrazone groups is 1. The number of nitrogens with zero attached hydrogens (tertiary/aromatic N) is 1. The summed E-state index contributed by atoms with van der Waals surface area (Å²) >= 11 is 3.38. The molecule has 3 N–H and O–H groups in total. The first-order valence-electron chi connectivity index (χ1n) is 8.90. The van der Waals surface area contributed by atoms with Gasteiger partial charge in [0.05, 0.1) is 6.21 Å². The number of aryl methyl sites for hydroxylation is 1. The van der Waals surface area contributed by atoms with E-state index in [2.05, 4.69) is 43.7 Å². The smallest absolute Gasteiger partial charge is 0.329 e. The maximum Gasteiger partial charge on any atom is 0.329 e. The quantitative estimate of drug-likeness (QED) is 0.237. The SMILES string of the molecule is C=CCNC(=O)C(=O)N/N=C\c1ccccc1OCC(=O)Nc1ccc(Br)cc1C. The molecule has 0 unspecified atom stereocenters. The second-order valence-electron chi connectivity index (χ2n) is 6.03. The Morgan fingerprint density at radius 2 is 1.93 bits per heavy atom. The molecular formula is C21H21BrN4O4. The van der Waals surface area contributed by atoms with E-state index in [0.29, 0.717) is 17.0 Å². The van der Waals surface area contributed by atoms with E-state index in [1.165, 1.54) is 12.3 Å². The van der Waals surface area contributed by atoms with Crippen molar-refractivity contribution in [1.29, 1.82) is 0 Å². The van der Waals surface area contributed by atoms with Gasteiger partial charge in [0.25, 0.3) is 5.91 Å². The van der Waals surface area contributed by atoms with Gasteiger partial charge in [-0.3, -0.25) is 14.4 Å². The second-order valence-corrected chi connectivity index (χ2v) is 6.95. The molecule has 2 aromatic rings. The first-order chi connectivity index (χ1) is 14.4. The summed E-state index contributed by atoms with van der Waals surface area (Å²) in [7, 11) is 0. The molecule has 2 rings (SSSR count). The van der Waals surface area contributed by atoms with Gasteiger partial charge in [-0.25, -0.2) is 5.43 Å². The van der Waals surface area contributed by atoms with Gasteiger partial charge >= 0.3 is 11.8 Å². The Bertz CT molecular complexity index is 975. The number of para-hydroxylation sites is 1. The molecule has 0 aromatic heterocycles. The lowest BCUT2D eigenvalue weighted by Crippen LogP contribution is -2.37. The van der Waals surface area contributed by atoms with Crippen molar-refractivity contribution >= 4 is 45.6 Å². The zero-order chi connectivity index (χ0) is 21.9. The van der Waals surface area contributed by atoms with Crippen molar-refractivity contribution in [2.24, 2.45) is 5.10 Å². The molecule has 0 aliphatic carbocycles. The van der Waals surface area contributed by atoms with Crippen LogP contribution in [0.15, 0.2) is 64.7 Å². The van der Waals surface area contributed by atoms with Gasteiger partial charge in [0, 0.05) is 22.3 Å². The number of halogens is 1. The van der Waals surface area contributed by atoms with Crippen molar-refractivity contribution in [3.05, 3.63) is 70.7 Å². The Morgan fingerprint density at radius 3 is 2.67 bits per heavy atom. The first-order valence-corrected chi connectivity index (χ1v) is 9.70. The molecule has 0 saturated heterocycles. The van der Waals surface area contributed by atoms with E-state index in [1.807, 2.05) is 19.1 Å². The van der Waals surface area contributed by atoms with Crippen LogP contribution in [0.2, 0.25) is 0 Å². The molecule has 0 aliphatic heterocycles. The van der Waals surface area contributed by atoms with Crippen molar-refractivity contribution < 1.29 is 19.1 Å². The summed E-state index contributed by atoms with van der Waals surface area (Å²) in [5, 5.41) is 8.87. The average Bonchev–Trinajstić information content (AvgIpc) is 2.73. The molecule has 0 bridgehead atoms. The number of hydrogen-bond donors (Lipinski definition) is 3. The van der Waals surface area contributed by atoms with Gasteiger partial charge in [-0.05, 0) is 42.8 Å². The van der Waals surface area contributed by atoms with Crippen LogP contribution in [0.1, 0.15) is 11.1 Å². The van der Waals surface area contributed by atoms with Crippen LogP contribution in [-0.4, -0.2) is 37.1 Å². The highest BCUT2D eigenvalue weighted by Crippen LogP contribution is 2.20. The Labute approximate surface area is 182 Å². The molecule has 0 atom stereocenters. The second kappa shape index (κ2) is 11.5. The van der Waals surface area contributed by atoms with E-state index in [-0.39, 0.29) is 19.1 Å². The molecule has 9 heteroatoms. The standard InChI is InChI=1S/C21H21BrN4O4/c1-3-10-23-20(28)21(29)26-24-12-15-6-4-5-7-18(15)30-13-19(27)25-17-9-8-16(22)11-14(17)2/h3-9,11-12H,1,10,13H2,2H3,(H,23,28)(H,25,27)(H,26,29)/b24-12-. The lowest BCUT2D eigenvalue weighted by molar-refractivity contribution is -0.139. The van der Waals surface area contributed by atoms with Crippen molar-refractivity contribution in [3.63, 3.8) is 0 Å². The predicted octanol–water partition coefficient (Wildman–Crippen LogP) is 2.53. The minimum absolute atomic E-state index is 0.175. The minimum Gasteiger partial charge on any atom is -0.483 e. The highest BCUT2D eigenvalue weighted by atomic mass is 79.9. The molecule has 0 heterocycles. The third-order valence-electron chi connectivity index (χ3n) is 3.72. The molecule has 2 aromatic carbocycles. The number of carbonyl (C=O) groups is 3. The van der Waals surface area contributed by atoms with E-state index in [0.717, 1.165) is 10.0 Å². The fourth-order valence-corrected chi connectivity index (χ4v) is 2.75. The first kappa shape index (κ1) is 22.8. The summed E-state index contributed by atoms with van der Waals surface area (Å²) in [6.45, 7) is 5.30. The molecule has 156 valence electrons. The zero-order valence-electron chi connectivity index (χ0n) is 16.3. The van der Waals surface area contributed by atoms with E-state index in [4.69, 9.17) is 4.74 Å². The lowest BCUT2D eigenvalue weighted by Gasteiger charge is -2.11. The van der Waals surface area contributed by atoms with Crippen LogP contribution < -0.4 is 20.8 Å². The van der Waals surface area contributed by atoms with Gasteiger partial charge in [0.1, 0.15) is 5.75 Å². The number of nitrogens with one attached hydrogen (secondary N) is 3. The topological polar surface area (TPSA) is 109 Å². The van der Waals surface area contributed by atoms with Crippen molar-refractivity contribution in [3.8, 4) is 5.75 Å². The fourth-order valence-electron chi connectivity index (χ4n) is 2.27. The third kappa shape index (κ3) is 7.17. The summed E-state index contributed by atoms with van der Waals surface area (Å²) in [6.07, 6.45) is 2.78. The van der Waals surface area contributed by atoms with E-state index < -0.39 is 11.8 Å². The maximum atomic E-state index is 12.2. The van der Waals surface area contributed by atoms with E-state index in [9.17, 15) is 14.4 Å². The normalized spacial score (nSPS) is 10.3. The molecule has 0 aliphatic rings. The lowest BCUT2D eigenvalue weighted by atomic mass is 10.2. The highest BCUT2D eigenvalue weighted by molar-refractivity contribution is 9.10. The van der Waals surface area contributed by atoms with Crippen LogP contribution in [0.3, 0.4) is 0 Å². The largest absolute Gasteiger partial charge is 0.483 e. The summed E-state index contributed by atoms with van der Waals surface area (Å²) < 4.78 is 6.50. The Hall–Kier alpha value is -3.46. The van der Waals surface area contributed by atoms with Crippen molar-refractivity contribution in [1.82, 2.24) is 10.7 Å². The number of anilines is 1. The third-order valence-corrected chi connectivity index (χ3v) is 4.22. The van der Waals surface area contributed by atoms with Gasteiger partial charge in [0.2, 0.25) is 0 Å². The molecule has 0 saturated carbocycles. The number of carbonyl (C=O) groups excluding carboxylic acids is 3. The van der Waals surface area contributed by atoms with Gasteiger partial charge in [-0.1, -0.05) is 34.1 Å². The maximum absolute atomic E-state index is 12.2. The Kier molecular flexibility index (Phi) is 8.76. The number of amides is 3. The van der Waals surface area contributed by atoms with Crippen LogP contribution in [0, 0.1) is 6.92 Å². The van der Waals surface area contributed by atoms with Gasteiger partial charge in [0.15, 0.2) is 6.61 Å². The number of hydrogen-bond acceptors (Lipinski definition) is 5. The van der Waals surface area contributed by atoms with Crippen LogP contribution in [-0.2, 0) is 14.4 Å². The monoisotopic (exact) mass is 472 g/mol. The zero-order valence-corrected chi connectivity index (χ0v) is 17.9. The fraction of sp³-hybridized carbons (Fsp3) is 0.143. The summed E-state index contributed by atoms with van der Waals surface area (Å²) in [5.41, 5.74) is 4.25. The highest BCUT2D eigenvalue weighted by Gasteiger charge is 2.11. The van der Waals surface area contributed by atoms with Gasteiger partial charge in [-0.15, -0.1) is 6.58 Å². The van der Waals surface area contributed by atoms with Crippen LogP contribution in [0.25, 0.3) is 0 Å². The number of ether oxygens (including phenoxy) is 1. The van der Waals surface area contributed by atoms with Crippen LogP contribution in [0.5, 0.6) is 5.75 Å². The molecular weight excluding hydrogens is 452 g/mol. The molecule has 0 fully saturated rings. The van der Waals surface area contributed by atoms with Crippen LogP contribution >= 0.6 is 15.9 Å². The van der Waals surface area contributed by atoms with Gasteiger partial charge < -0.3 is 15.4 Å². The Morgan fingerprint density at radius 1 is 1.17 bits per heavy atom. The van der Waals surface area contributed by atoms with E-state index >= 15 is 0 Å². The predicted molar refractivity (Wildman–Crippen MR) is 118 cm³/mol. The molecule has 0 radical (unpaired) electrons. The average molecular weight is 473 g/mol. The number of rotatable bonds is 8. The van der Waals surface area contributed by atoms with E-state index in [1.54, 1.807) is 30.3 Å². The number of benzene rings is 2. The molecule has 8 nitrogen and oxygen atoms in total. The van der Waals surface area contributed by atoms with Crippen molar-refractivity contribution in [2.75, 3.05) is 18.5 Å². The minimum atomic E-state index is -0.907. The Balaban J connectivity index is 1.93. The molecule has 0 spiro atoms. The summed E-state index contributed by atoms with van der Waals surface area (Å²) in [6, 6.07) is 12.4. The van der Waals surface area contributed by atoms with Gasteiger partial charge in [-0.2, -0.15) is 5.10 Å². The van der Waals surface area contributed by atoms with Crippen LogP contribution in [0.4, 0.5) is 5.69 Å². The summed E-state index contributed by atoms with van der Waals surface area (Å²) in [4.78, 5) is 35.3. The molecule has 3 amide bonds. The summed E-state index contributed by atoms with van der Waals surface area (Å²) in [5.74, 6) is -1.65. The van der Waals surface area contributed by atoms with Crippen molar-refractivity contribution in [2.45, 2.75) is 6.92 Å². The molecule has 30 heavy (non-hydrogen) atoms.